The fourth-order valence-electron chi connectivity index (χ4n) is 4.36. The quantitative estimate of drug-likeness (QED) is 0.208. The van der Waals surface area contributed by atoms with Crippen LogP contribution in [-0.2, 0) is 4.79 Å². The van der Waals surface area contributed by atoms with E-state index in [-0.39, 0.29) is 11.7 Å². The van der Waals surface area contributed by atoms with Gasteiger partial charge in [0.05, 0.1) is 33.3 Å². The molecule has 37 heavy (non-hydrogen) atoms. The van der Waals surface area contributed by atoms with Gasteiger partial charge < -0.3 is 14.2 Å². The van der Waals surface area contributed by atoms with Crippen LogP contribution in [0.15, 0.2) is 46.7 Å². The number of nitrogens with zero attached hydrogens (tertiary/aromatic N) is 4. The third-order valence-corrected chi connectivity index (χ3v) is 7.32. The standard InChI is InChI=1S/C26H30ClN5O4S/c1-34-21-13-17(14-22(35-2)24(21)36-3)15-28-29-23(33)16-37-26-31-30-25(18-9-11-19(27)12-10-18)32(26)20-7-5-4-6-8-20/h9-15,20H,4-8,16H2,1-3H3,(H,29,33)/b28-15-. The van der Waals surface area contributed by atoms with Gasteiger partial charge in [0.15, 0.2) is 22.5 Å². The highest BCUT2D eigenvalue weighted by molar-refractivity contribution is 7.99. The number of ether oxygens (including phenoxy) is 3. The molecule has 1 amide bonds. The van der Waals surface area contributed by atoms with Crippen molar-refractivity contribution in [3.63, 3.8) is 0 Å². The van der Waals surface area contributed by atoms with Crippen LogP contribution >= 0.6 is 23.4 Å². The lowest BCUT2D eigenvalue weighted by atomic mass is 9.95. The Hall–Kier alpha value is -3.24. The van der Waals surface area contributed by atoms with Crippen LogP contribution in [0.5, 0.6) is 17.2 Å². The van der Waals surface area contributed by atoms with E-state index in [2.05, 4.69) is 25.3 Å². The van der Waals surface area contributed by atoms with Gasteiger partial charge in [0, 0.05) is 22.2 Å². The van der Waals surface area contributed by atoms with Crippen molar-refractivity contribution in [3.05, 3.63) is 47.0 Å². The lowest BCUT2D eigenvalue weighted by Crippen LogP contribution is -2.20. The van der Waals surface area contributed by atoms with E-state index in [0.717, 1.165) is 29.4 Å². The summed E-state index contributed by atoms with van der Waals surface area (Å²) in [5.74, 6) is 2.19. The van der Waals surface area contributed by atoms with Crippen LogP contribution in [0.4, 0.5) is 0 Å². The summed E-state index contributed by atoms with van der Waals surface area (Å²) in [4.78, 5) is 12.6. The molecule has 1 aliphatic carbocycles. The summed E-state index contributed by atoms with van der Waals surface area (Å²) < 4.78 is 18.2. The molecule has 4 rings (SSSR count). The highest BCUT2D eigenvalue weighted by Crippen LogP contribution is 2.38. The van der Waals surface area contributed by atoms with Gasteiger partial charge in [-0.05, 0) is 49.2 Å². The van der Waals surface area contributed by atoms with Crippen LogP contribution in [0.2, 0.25) is 5.02 Å². The molecule has 1 saturated carbocycles. The van der Waals surface area contributed by atoms with Gasteiger partial charge in [-0.3, -0.25) is 9.36 Å². The second-order valence-corrected chi connectivity index (χ2v) is 9.89. The summed E-state index contributed by atoms with van der Waals surface area (Å²) in [5.41, 5.74) is 4.21. The summed E-state index contributed by atoms with van der Waals surface area (Å²) in [6.45, 7) is 0. The average Bonchev–Trinajstić information content (AvgIpc) is 3.36. The van der Waals surface area contributed by atoms with Crippen molar-refractivity contribution in [2.24, 2.45) is 5.10 Å². The lowest BCUT2D eigenvalue weighted by Gasteiger charge is -2.25. The van der Waals surface area contributed by atoms with Crippen molar-refractivity contribution in [3.8, 4) is 28.6 Å². The number of hydrogen-bond acceptors (Lipinski definition) is 8. The fourth-order valence-corrected chi connectivity index (χ4v) is 5.28. The molecule has 196 valence electrons. The highest BCUT2D eigenvalue weighted by atomic mass is 35.5. The van der Waals surface area contributed by atoms with Gasteiger partial charge in [0.25, 0.3) is 5.91 Å². The van der Waals surface area contributed by atoms with E-state index >= 15 is 0 Å². The minimum absolute atomic E-state index is 0.151. The molecule has 0 atom stereocenters. The van der Waals surface area contributed by atoms with Crippen molar-refractivity contribution < 1.29 is 19.0 Å². The summed E-state index contributed by atoms with van der Waals surface area (Å²) in [6.07, 6.45) is 7.24. The number of hydrazone groups is 1. The number of carbonyl (C=O) groups is 1. The molecular weight excluding hydrogens is 514 g/mol. The summed E-state index contributed by atoms with van der Waals surface area (Å²) in [6, 6.07) is 11.4. The van der Waals surface area contributed by atoms with Gasteiger partial charge in [0.1, 0.15) is 0 Å². The normalized spacial score (nSPS) is 14.1. The van der Waals surface area contributed by atoms with E-state index in [1.807, 2.05) is 24.3 Å². The molecule has 1 aromatic heterocycles. The third kappa shape index (κ3) is 6.56. The van der Waals surface area contributed by atoms with Gasteiger partial charge in [-0.2, -0.15) is 5.10 Å². The van der Waals surface area contributed by atoms with E-state index in [1.165, 1.54) is 37.2 Å². The molecule has 0 unspecified atom stereocenters. The molecule has 0 saturated heterocycles. The van der Waals surface area contributed by atoms with Gasteiger partial charge in [0.2, 0.25) is 5.75 Å². The van der Waals surface area contributed by atoms with Crippen LogP contribution < -0.4 is 19.6 Å². The van der Waals surface area contributed by atoms with Crippen LogP contribution in [-0.4, -0.2) is 54.0 Å². The Bertz CT molecular complexity index is 1220. The minimum atomic E-state index is -0.250. The van der Waals surface area contributed by atoms with Crippen molar-refractivity contribution in [2.75, 3.05) is 27.1 Å². The Labute approximate surface area is 225 Å². The van der Waals surface area contributed by atoms with E-state index in [9.17, 15) is 4.79 Å². The molecule has 11 heteroatoms. The SMILES string of the molecule is COc1cc(/C=N\NC(=O)CSc2nnc(-c3ccc(Cl)cc3)n2C2CCCCC2)cc(OC)c1OC. The topological polar surface area (TPSA) is 99.9 Å². The molecule has 1 fully saturated rings. The maximum absolute atomic E-state index is 12.6. The number of amides is 1. The first kappa shape index (κ1) is 26.8. The predicted octanol–water partition coefficient (Wildman–Crippen LogP) is 5.37. The number of thioether (sulfide) groups is 1. The van der Waals surface area contributed by atoms with Crippen LogP contribution in [0.1, 0.15) is 43.7 Å². The largest absolute Gasteiger partial charge is 0.493 e. The van der Waals surface area contributed by atoms with E-state index < -0.39 is 0 Å². The molecule has 1 N–H and O–H groups in total. The first-order valence-electron chi connectivity index (χ1n) is 12.0. The van der Waals surface area contributed by atoms with E-state index in [1.54, 1.807) is 33.5 Å². The van der Waals surface area contributed by atoms with E-state index in [4.69, 9.17) is 25.8 Å². The number of rotatable bonds is 10. The number of carbonyl (C=O) groups excluding carboxylic acids is 1. The van der Waals surface area contributed by atoms with Crippen LogP contribution in [0, 0.1) is 0 Å². The maximum atomic E-state index is 12.6. The number of hydrogen-bond donors (Lipinski definition) is 1. The number of methoxy groups -OCH3 is 3. The van der Waals surface area contributed by atoms with Crippen molar-refractivity contribution in [1.82, 2.24) is 20.2 Å². The van der Waals surface area contributed by atoms with Crippen molar-refractivity contribution in [2.45, 2.75) is 43.3 Å². The second kappa shape index (κ2) is 12.8. The third-order valence-electron chi connectivity index (χ3n) is 6.13. The summed E-state index contributed by atoms with van der Waals surface area (Å²) in [7, 11) is 4.63. The van der Waals surface area contributed by atoms with Crippen molar-refractivity contribution in [1.29, 1.82) is 0 Å². The highest BCUT2D eigenvalue weighted by Gasteiger charge is 2.24. The number of aromatic nitrogens is 3. The zero-order valence-electron chi connectivity index (χ0n) is 21.1. The zero-order valence-corrected chi connectivity index (χ0v) is 22.6. The van der Waals surface area contributed by atoms with Crippen LogP contribution in [0.25, 0.3) is 11.4 Å². The van der Waals surface area contributed by atoms with Gasteiger partial charge >= 0.3 is 0 Å². The monoisotopic (exact) mass is 543 g/mol. The molecule has 9 nitrogen and oxygen atoms in total. The molecule has 0 radical (unpaired) electrons. The first-order chi connectivity index (χ1) is 18.0. The summed E-state index contributed by atoms with van der Waals surface area (Å²) in [5, 5.41) is 14.4. The molecule has 3 aromatic rings. The Morgan fingerprint density at radius 3 is 2.38 bits per heavy atom. The number of benzene rings is 2. The average molecular weight is 544 g/mol. The smallest absolute Gasteiger partial charge is 0.250 e. The molecular formula is C26H30ClN5O4S. The predicted molar refractivity (Wildman–Crippen MR) is 145 cm³/mol. The van der Waals surface area contributed by atoms with Crippen LogP contribution in [0.3, 0.4) is 0 Å². The van der Waals surface area contributed by atoms with Gasteiger partial charge in [-0.1, -0.05) is 42.6 Å². The molecule has 1 aliphatic rings. The Kier molecular flexibility index (Phi) is 9.29. The molecule has 0 spiro atoms. The summed E-state index contributed by atoms with van der Waals surface area (Å²) >= 11 is 7.43. The number of halogens is 1. The van der Waals surface area contributed by atoms with E-state index in [0.29, 0.717) is 33.9 Å². The molecule has 0 bridgehead atoms. The minimum Gasteiger partial charge on any atom is -0.493 e. The van der Waals surface area contributed by atoms with Crippen molar-refractivity contribution >= 4 is 35.5 Å². The van der Waals surface area contributed by atoms with Gasteiger partial charge in [-0.15, -0.1) is 10.2 Å². The number of nitrogens with one attached hydrogen (secondary N) is 1. The Morgan fingerprint density at radius 2 is 1.76 bits per heavy atom. The maximum Gasteiger partial charge on any atom is 0.250 e. The Morgan fingerprint density at radius 1 is 1.08 bits per heavy atom. The fraction of sp³-hybridized carbons (Fsp3) is 0.385. The zero-order chi connectivity index (χ0) is 26.2. The molecule has 2 aromatic carbocycles. The Balaban J connectivity index is 1.44. The molecule has 1 heterocycles. The molecule has 0 aliphatic heterocycles. The second-order valence-electron chi connectivity index (χ2n) is 8.52. The first-order valence-corrected chi connectivity index (χ1v) is 13.4. The van der Waals surface area contributed by atoms with Gasteiger partial charge in [-0.25, -0.2) is 5.43 Å². The lowest BCUT2D eigenvalue weighted by molar-refractivity contribution is -0.118.